The number of aromatic nitrogens is 2. The van der Waals surface area contributed by atoms with Crippen molar-refractivity contribution in [2.75, 3.05) is 4.90 Å². The van der Waals surface area contributed by atoms with Crippen molar-refractivity contribution < 1.29 is 4.42 Å². The van der Waals surface area contributed by atoms with Crippen molar-refractivity contribution in [2.24, 2.45) is 0 Å². The van der Waals surface area contributed by atoms with Gasteiger partial charge in [0.2, 0.25) is 0 Å². The summed E-state index contributed by atoms with van der Waals surface area (Å²) >= 11 is 0. The molecule has 0 N–H and O–H groups in total. The van der Waals surface area contributed by atoms with Gasteiger partial charge in [0.05, 0.1) is 27.8 Å². The Balaban J connectivity index is 1.07. The van der Waals surface area contributed by atoms with Gasteiger partial charge in [-0.3, -0.25) is 0 Å². The highest BCUT2D eigenvalue weighted by Gasteiger charge is 2.23. The Hall–Kier alpha value is -8.34. The Morgan fingerprint density at radius 2 is 1.06 bits per heavy atom. The first kappa shape index (κ1) is 36.3. The smallest absolute Gasteiger partial charge is 0.135 e. The Morgan fingerprint density at radius 3 is 1.94 bits per heavy atom. The number of para-hydroxylation sites is 3. The molecule has 0 bridgehead atoms. The van der Waals surface area contributed by atoms with Gasteiger partial charge in [-0.2, -0.15) is 0 Å². The number of nitrogens with zero attached hydrogens (tertiary/aromatic N) is 3. The van der Waals surface area contributed by atoms with E-state index in [0.29, 0.717) is 0 Å². The van der Waals surface area contributed by atoms with Crippen LogP contribution < -0.4 is 4.90 Å². The summed E-state index contributed by atoms with van der Waals surface area (Å²) in [4.78, 5) is 2.47. The fourth-order valence-electron chi connectivity index (χ4n) is 10.3. The van der Waals surface area contributed by atoms with E-state index in [0.717, 1.165) is 85.3 Å². The van der Waals surface area contributed by atoms with Gasteiger partial charge in [0.1, 0.15) is 11.2 Å². The third kappa shape index (κ3) is 5.76. The van der Waals surface area contributed by atoms with Crippen molar-refractivity contribution in [3.63, 3.8) is 0 Å². The molecule has 3 heterocycles. The zero-order valence-corrected chi connectivity index (χ0v) is 35.0. The van der Waals surface area contributed by atoms with Gasteiger partial charge in [-0.05, 0) is 120 Å². The fraction of sp³-hybridized carbons (Fsp3) is 0.0333. The summed E-state index contributed by atoms with van der Waals surface area (Å²) in [6.07, 6.45) is 8.83. The van der Waals surface area contributed by atoms with Gasteiger partial charge in [0.25, 0.3) is 0 Å². The highest BCUT2D eigenvalue weighted by molar-refractivity contribution is 6.17. The largest absolute Gasteiger partial charge is 0.456 e. The predicted molar refractivity (Wildman–Crippen MR) is 269 cm³/mol. The van der Waals surface area contributed by atoms with Crippen LogP contribution in [0.1, 0.15) is 18.4 Å². The summed E-state index contributed by atoms with van der Waals surface area (Å²) < 4.78 is 11.2. The first-order valence-electron chi connectivity index (χ1n) is 22.1. The van der Waals surface area contributed by atoms with Crippen molar-refractivity contribution in [3.05, 3.63) is 230 Å². The van der Waals surface area contributed by atoms with Gasteiger partial charge < -0.3 is 18.5 Å². The minimum absolute atomic E-state index is 0.887. The Kier molecular flexibility index (Phi) is 8.31. The lowest BCUT2D eigenvalue weighted by Crippen LogP contribution is -2.11. The minimum Gasteiger partial charge on any atom is -0.456 e. The summed E-state index contributed by atoms with van der Waals surface area (Å²) in [5.41, 5.74) is 16.9. The lowest BCUT2D eigenvalue weighted by Gasteiger charge is -2.27. The molecule has 0 amide bonds. The molecule has 1 aliphatic carbocycles. The van der Waals surface area contributed by atoms with E-state index in [9.17, 15) is 0 Å². The van der Waals surface area contributed by atoms with Crippen LogP contribution in [0.25, 0.3) is 93.6 Å². The summed E-state index contributed by atoms with van der Waals surface area (Å²) in [5.74, 6) is 0. The number of hydrogen-bond acceptors (Lipinski definition) is 2. The number of allylic oxidation sites excluding steroid dienone is 4. The number of benzene rings is 9. The van der Waals surface area contributed by atoms with Gasteiger partial charge in [-0.15, -0.1) is 0 Å². The first-order valence-corrected chi connectivity index (χ1v) is 22.1. The molecule has 9 aromatic carbocycles. The van der Waals surface area contributed by atoms with Gasteiger partial charge in [-0.1, -0.05) is 140 Å². The molecule has 0 fully saturated rings. The molecule has 0 unspecified atom stereocenters. The average Bonchev–Trinajstić information content (AvgIpc) is 4.02. The average molecular weight is 820 g/mol. The van der Waals surface area contributed by atoms with E-state index in [1.807, 2.05) is 12.1 Å². The SMILES string of the molecule is C1=CCCC(c2cccc(-n3c4ccccc4c4c(N(c5cccc(-c6ccccc6)c5)c5ccc6c7ccccc7n(-c7ccc8oc9ccccc9c8c7)c6c5)cccc43)c2)=C1. The van der Waals surface area contributed by atoms with Crippen LogP contribution in [0.5, 0.6) is 0 Å². The second-order valence-corrected chi connectivity index (χ2v) is 16.8. The maximum Gasteiger partial charge on any atom is 0.135 e. The highest BCUT2D eigenvalue weighted by atomic mass is 16.3. The lowest BCUT2D eigenvalue weighted by atomic mass is 9.97. The molecule has 0 saturated carbocycles. The molecule has 0 spiro atoms. The minimum atomic E-state index is 0.887. The molecule has 0 atom stereocenters. The van der Waals surface area contributed by atoms with Crippen molar-refractivity contribution in [2.45, 2.75) is 12.8 Å². The number of rotatable bonds is 7. The Labute approximate surface area is 370 Å². The Morgan fingerprint density at radius 1 is 0.406 bits per heavy atom. The first-order chi connectivity index (χ1) is 31.7. The van der Waals surface area contributed by atoms with Crippen molar-refractivity contribution in [1.82, 2.24) is 9.13 Å². The van der Waals surface area contributed by atoms with Crippen LogP contribution in [0.4, 0.5) is 17.1 Å². The van der Waals surface area contributed by atoms with E-state index in [2.05, 4.69) is 226 Å². The molecule has 0 aliphatic heterocycles. The summed E-state index contributed by atoms with van der Waals surface area (Å²) in [6, 6.07) is 75.1. The van der Waals surface area contributed by atoms with Crippen molar-refractivity contribution in [3.8, 4) is 22.5 Å². The Bertz CT molecular complexity index is 3860. The van der Waals surface area contributed by atoms with E-state index >= 15 is 0 Å². The maximum absolute atomic E-state index is 6.30. The van der Waals surface area contributed by atoms with Crippen LogP contribution in [0.15, 0.2) is 229 Å². The van der Waals surface area contributed by atoms with E-state index in [1.54, 1.807) is 0 Å². The van der Waals surface area contributed by atoms with Gasteiger partial charge in [-0.25, -0.2) is 0 Å². The van der Waals surface area contributed by atoms with Crippen molar-refractivity contribution >= 4 is 88.2 Å². The fourth-order valence-corrected chi connectivity index (χ4v) is 10.3. The zero-order chi connectivity index (χ0) is 42.1. The van der Waals surface area contributed by atoms with E-state index in [4.69, 9.17) is 4.42 Å². The normalized spacial score (nSPS) is 12.9. The van der Waals surface area contributed by atoms with Crippen LogP contribution >= 0.6 is 0 Å². The van der Waals surface area contributed by atoms with Crippen LogP contribution in [0.3, 0.4) is 0 Å². The van der Waals surface area contributed by atoms with Crippen LogP contribution in [-0.2, 0) is 0 Å². The lowest BCUT2D eigenvalue weighted by molar-refractivity contribution is 0.669. The molecular formula is C60H41N3O. The van der Waals surface area contributed by atoms with Crippen LogP contribution in [-0.4, -0.2) is 9.13 Å². The predicted octanol–water partition coefficient (Wildman–Crippen LogP) is 16.7. The second-order valence-electron chi connectivity index (χ2n) is 16.8. The number of hydrogen-bond donors (Lipinski definition) is 0. The highest BCUT2D eigenvalue weighted by Crippen LogP contribution is 2.46. The molecule has 64 heavy (non-hydrogen) atoms. The molecule has 3 aromatic heterocycles. The topological polar surface area (TPSA) is 26.2 Å². The monoisotopic (exact) mass is 819 g/mol. The molecule has 0 saturated heterocycles. The molecule has 302 valence electrons. The molecule has 4 nitrogen and oxygen atoms in total. The molecule has 12 aromatic rings. The van der Waals surface area contributed by atoms with Gasteiger partial charge in [0, 0.05) is 55.1 Å². The summed E-state index contributed by atoms with van der Waals surface area (Å²) in [7, 11) is 0. The summed E-state index contributed by atoms with van der Waals surface area (Å²) in [5, 5.41) is 7.05. The van der Waals surface area contributed by atoms with E-state index in [-0.39, 0.29) is 0 Å². The maximum atomic E-state index is 6.30. The summed E-state index contributed by atoms with van der Waals surface area (Å²) in [6.45, 7) is 0. The third-order valence-electron chi connectivity index (χ3n) is 13.2. The molecular weight excluding hydrogens is 779 g/mol. The van der Waals surface area contributed by atoms with Crippen LogP contribution in [0.2, 0.25) is 0 Å². The third-order valence-corrected chi connectivity index (χ3v) is 13.2. The molecule has 4 heteroatoms. The number of furan rings is 1. The zero-order valence-electron chi connectivity index (χ0n) is 35.0. The molecule has 0 radical (unpaired) electrons. The quantitative estimate of drug-likeness (QED) is 0.160. The molecule has 1 aliphatic rings. The van der Waals surface area contributed by atoms with Crippen molar-refractivity contribution in [1.29, 1.82) is 0 Å². The number of anilines is 3. The second kappa shape index (κ2) is 14.6. The van der Waals surface area contributed by atoms with Crippen LogP contribution in [0, 0.1) is 0 Å². The number of fused-ring (bicyclic) bond motifs is 9. The molecule has 13 rings (SSSR count). The standard InChI is InChI=1S/C60H41N3O/c1-3-16-40(17-4-1)42-20-13-22-44(36-42)61(55-29-15-30-56-60(55)51-26-8-11-28-54(51)62(56)45-23-14-21-43(37-45)41-18-5-2-6-19-41)47-32-34-49-48-24-7-10-27-53(48)63(57(49)39-47)46-33-35-59-52(38-46)50-25-9-12-31-58(50)64-59/h1-5,7-18,20-39H,6,19H2. The van der Waals surface area contributed by atoms with E-state index in [1.165, 1.54) is 43.8 Å². The van der Waals surface area contributed by atoms with Gasteiger partial charge in [0.15, 0.2) is 0 Å². The van der Waals surface area contributed by atoms with Gasteiger partial charge >= 0.3 is 0 Å². The van der Waals surface area contributed by atoms with E-state index < -0.39 is 0 Å².